The van der Waals surface area contributed by atoms with Gasteiger partial charge in [0.2, 0.25) is 5.91 Å². The first kappa shape index (κ1) is 14.3. The van der Waals surface area contributed by atoms with E-state index in [-0.39, 0.29) is 11.7 Å². The van der Waals surface area contributed by atoms with Gasteiger partial charge >= 0.3 is 0 Å². The maximum absolute atomic E-state index is 12.0. The Morgan fingerprint density at radius 3 is 2.80 bits per heavy atom. The van der Waals surface area contributed by atoms with Crippen LogP contribution in [0.25, 0.3) is 0 Å². The molecule has 7 heteroatoms. The third kappa shape index (κ3) is 3.45. The number of nitrogens with zero attached hydrogens (tertiary/aromatic N) is 1. The predicted molar refractivity (Wildman–Crippen MR) is 76.2 cm³/mol. The van der Waals surface area contributed by atoms with Gasteiger partial charge in [-0.15, -0.1) is 0 Å². The summed E-state index contributed by atoms with van der Waals surface area (Å²) in [5.41, 5.74) is 0. The molecule has 1 atom stereocenters. The van der Waals surface area contributed by atoms with E-state index in [0.717, 1.165) is 0 Å². The number of furan rings is 1. The van der Waals surface area contributed by atoms with Crippen molar-refractivity contribution in [1.82, 2.24) is 10.3 Å². The molecule has 2 aromatic rings. The summed E-state index contributed by atoms with van der Waals surface area (Å²) in [5, 5.41) is 5.15. The molecule has 0 spiro atoms. The van der Waals surface area contributed by atoms with E-state index >= 15 is 0 Å². The van der Waals surface area contributed by atoms with Gasteiger partial charge in [-0.1, -0.05) is 0 Å². The third-order valence-electron chi connectivity index (χ3n) is 2.49. The molecule has 2 aromatic heterocycles. The van der Waals surface area contributed by atoms with Crippen LogP contribution >= 0.6 is 15.9 Å². The maximum atomic E-state index is 12.0. The van der Waals surface area contributed by atoms with Crippen LogP contribution in [-0.4, -0.2) is 22.8 Å². The number of carbonyl (C=O) groups excluding carboxylic acids is 2. The van der Waals surface area contributed by atoms with Gasteiger partial charge < -0.3 is 15.1 Å². The van der Waals surface area contributed by atoms with Gasteiger partial charge in [0.05, 0.1) is 10.7 Å². The van der Waals surface area contributed by atoms with Gasteiger partial charge in [-0.25, -0.2) is 4.98 Å². The first-order valence-electron chi connectivity index (χ1n) is 5.83. The highest BCUT2D eigenvalue weighted by Crippen LogP contribution is 2.18. The predicted octanol–water partition coefficient (Wildman–Crippen LogP) is 2.19. The summed E-state index contributed by atoms with van der Waals surface area (Å²) in [7, 11) is 0. The number of halogens is 1. The van der Waals surface area contributed by atoms with Crippen molar-refractivity contribution in [3.63, 3.8) is 0 Å². The van der Waals surface area contributed by atoms with E-state index < -0.39 is 11.9 Å². The molecule has 20 heavy (non-hydrogen) atoms. The number of aromatic nitrogens is 1. The fourth-order valence-corrected chi connectivity index (χ4v) is 1.80. The van der Waals surface area contributed by atoms with Crippen molar-refractivity contribution in [2.75, 3.05) is 5.32 Å². The van der Waals surface area contributed by atoms with E-state index in [4.69, 9.17) is 4.42 Å². The minimum absolute atomic E-state index is 0.156. The molecule has 0 aliphatic carbocycles. The monoisotopic (exact) mass is 337 g/mol. The Bertz CT molecular complexity index is 613. The highest BCUT2D eigenvalue weighted by Gasteiger charge is 2.19. The second-order valence-corrected chi connectivity index (χ2v) is 4.85. The molecule has 0 saturated heterocycles. The van der Waals surface area contributed by atoms with Gasteiger partial charge in [0.25, 0.3) is 5.91 Å². The largest absolute Gasteiger partial charge is 0.459 e. The van der Waals surface area contributed by atoms with Crippen molar-refractivity contribution >= 4 is 33.6 Å². The van der Waals surface area contributed by atoms with Crippen LogP contribution in [0.1, 0.15) is 17.5 Å². The Hall–Kier alpha value is -2.15. The second-order valence-electron chi connectivity index (χ2n) is 4.00. The first-order valence-corrected chi connectivity index (χ1v) is 6.63. The van der Waals surface area contributed by atoms with Crippen LogP contribution in [0, 0.1) is 0 Å². The fraction of sp³-hybridized carbons (Fsp3) is 0.154. The van der Waals surface area contributed by atoms with Crippen LogP contribution in [0.5, 0.6) is 0 Å². The standard InChI is InChI=1S/C13H12BrN3O3/c1-8(16-13(19)10-5-3-7-20-10)12(18)17-11-9(14)4-2-6-15-11/h2-8H,1H3,(H,16,19)(H,15,17,18). The van der Waals surface area contributed by atoms with Gasteiger partial charge in [0.15, 0.2) is 5.76 Å². The lowest BCUT2D eigenvalue weighted by atomic mass is 10.3. The molecule has 0 aliphatic heterocycles. The topological polar surface area (TPSA) is 84.2 Å². The minimum atomic E-state index is -0.721. The van der Waals surface area contributed by atoms with Crippen LogP contribution < -0.4 is 10.6 Å². The van der Waals surface area contributed by atoms with E-state index in [2.05, 4.69) is 31.5 Å². The van der Waals surface area contributed by atoms with Crippen LogP contribution in [0.3, 0.4) is 0 Å². The lowest BCUT2D eigenvalue weighted by Crippen LogP contribution is -2.41. The molecule has 0 radical (unpaired) electrons. The molecule has 0 bridgehead atoms. The summed E-state index contributed by atoms with van der Waals surface area (Å²) < 4.78 is 5.61. The molecule has 0 fully saturated rings. The molecule has 104 valence electrons. The number of pyridine rings is 1. The molecule has 1 unspecified atom stereocenters. The SMILES string of the molecule is CC(NC(=O)c1ccco1)C(=O)Nc1ncccc1Br. The molecular weight excluding hydrogens is 326 g/mol. The van der Waals surface area contributed by atoms with Crippen molar-refractivity contribution in [3.05, 3.63) is 47.0 Å². The Kier molecular flexibility index (Phi) is 4.52. The van der Waals surface area contributed by atoms with Crippen molar-refractivity contribution in [1.29, 1.82) is 0 Å². The molecular formula is C13H12BrN3O3. The summed E-state index contributed by atoms with van der Waals surface area (Å²) >= 11 is 3.28. The number of rotatable bonds is 4. The quantitative estimate of drug-likeness (QED) is 0.895. The van der Waals surface area contributed by atoms with Crippen LogP contribution in [0.4, 0.5) is 5.82 Å². The zero-order valence-electron chi connectivity index (χ0n) is 10.6. The Labute approximate surface area is 123 Å². The average Bonchev–Trinajstić information content (AvgIpc) is 2.95. The summed E-state index contributed by atoms with van der Waals surface area (Å²) in [6.45, 7) is 1.58. The van der Waals surface area contributed by atoms with E-state index in [0.29, 0.717) is 10.3 Å². The smallest absolute Gasteiger partial charge is 0.287 e. The molecule has 2 amide bonds. The molecule has 6 nitrogen and oxygen atoms in total. The number of nitrogens with one attached hydrogen (secondary N) is 2. The lowest BCUT2D eigenvalue weighted by Gasteiger charge is -2.13. The molecule has 0 saturated carbocycles. The highest BCUT2D eigenvalue weighted by atomic mass is 79.9. The number of amides is 2. The molecule has 2 heterocycles. The van der Waals surface area contributed by atoms with E-state index in [1.165, 1.54) is 12.3 Å². The van der Waals surface area contributed by atoms with E-state index in [9.17, 15) is 9.59 Å². The number of carbonyl (C=O) groups is 2. The van der Waals surface area contributed by atoms with E-state index in [1.807, 2.05) is 0 Å². The van der Waals surface area contributed by atoms with E-state index in [1.54, 1.807) is 31.3 Å². The molecule has 0 aromatic carbocycles. The van der Waals surface area contributed by atoms with Crippen LogP contribution in [-0.2, 0) is 4.79 Å². The van der Waals surface area contributed by atoms with Crippen molar-refractivity contribution in [3.8, 4) is 0 Å². The molecule has 2 rings (SSSR count). The van der Waals surface area contributed by atoms with Crippen molar-refractivity contribution in [2.24, 2.45) is 0 Å². The van der Waals surface area contributed by atoms with Gasteiger partial charge in [0.1, 0.15) is 11.9 Å². The number of anilines is 1. The number of hydrogen-bond acceptors (Lipinski definition) is 4. The fourth-order valence-electron chi connectivity index (χ4n) is 1.44. The van der Waals surface area contributed by atoms with Gasteiger partial charge in [0, 0.05) is 6.20 Å². The highest BCUT2D eigenvalue weighted by molar-refractivity contribution is 9.10. The summed E-state index contributed by atoms with van der Waals surface area (Å²) in [6, 6.07) is 5.90. The Morgan fingerprint density at radius 1 is 1.35 bits per heavy atom. The molecule has 0 aliphatic rings. The van der Waals surface area contributed by atoms with Gasteiger partial charge in [-0.05, 0) is 47.1 Å². The summed E-state index contributed by atoms with van der Waals surface area (Å²) in [4.78, 5) is 27.7. The average molecular weight is 338 g/mol. The minimum Gasteiger partial charge on any atom is -0.459 e. The van der Waals surface area contributed by atoms with Gasteiger partial charge in [-0.2, -0.15) is 0 Å². The van der Waals surface area contributed by atoms with Gasteiger partial charge in [-0.3, -0.25) is 9.59 Å². The normalized spacial score (nSPS) is 11.7. The zero-order valence-corrected chi connectivity index (χ0v) is 12.2. The van der Waals surface area contributed by atoms with Crippen molar-refractivity contribution in [2.45, 2.75) is 13.0 Å². The maximum Gasteiger partial charge on any atom is 0.287 e. The summed E-state index contributed by atoms with van der Waals surface area (Å²) in [5.74, 6) is -0.262. The van der Waals surface area contributed by atoms with Crippen LogP contribution in [0.15, 0.2) is 45.6 Å². The Morgan fingerprint density at radius 2 is 2.15 bits per heavy atom. The molecule has 2 N–H and O–H groups in total. The van der Waals surface area contributed by atoms with Crippen molar-refractivity contribution < 1.29 is 14.0 Å². The zero-order chi connectivity index (χ0) is 14.5. The third-order valence-corrected chi connectivity index (χ3v) is 3.13. The van der Waals surface area contributed by atoms with Crippen LogP contribution in [0.2, 0.25) is 0 Å². The second kappa shape index (κ2) is 6.33. The number of hydrogen-bond donors (Lipinski definition) is 2. The summed E-state index contributed by atoms with van der Waals surface area (Å²) in [6.07, 6.45) is 2.96. The lowest BCUT2D eigenvalue weighted by molar-refractivity contribution is -0.117. The first-order chi connectivity index (χ1) is 9.58. The Balaban J connectivity index is 1.96.